The lowest BCUT2D eigenvalue weighted by Gasteiger charge is -2.51. The van der Waals surface area contributed by atoms with Crippen LogP contribution < -0.4 is 15.6 Å². The van der Waals surface area contributed by atoms with E-state index in [0.717, 1.165) is 70.7 Å². The lowest BCUT2D eigenvalue weighted by atomic mass is 9.80. The summed E-state index contributed by atoms with van der Waals surface area (Å²) in [5.74, 6) is 1.72. The molecule has 2 N–H and O–H groups in total. The molecule has 1 saturated carbocycles. The number of fused-ring (bicyclic) bond motifs is 3. The number of hydrazone groups is 1. The molecule has 4 aliphatic rings. The van der Waals surface area contributed by atoms with Gasteiger partial charge < -0.3 is 20.0 Å². The first-order valence-electron chi connectivity index (χ1n) is 15.5. The topological polar surface area (TPSA) is 83.5 Å². The Bertz CT molecular complexity index is 1080. The quantitative estimate of drug-likeness (QED) is 0.434. The molecular weight excluding hydrogens is 502 g/mol. The average Bonchev–Trinajstić information content (AvgIpc) is 3.36. The number of benzene rings is 1. The molecule has 3 fully saturated rings. The first kappa shape index (κ1) is 28.7. The highest BCUT2D eigenvalue weighted by Crippen LogP contribution is 2.38. The van der Waals surface area contributed by atoms with Gasteiger partial charge in [-0.25, -0.2) is 0 Å². The van der Waals surface area contributed by atoms with Crippen molar-refractivity contribution < 1.29 is 9.59 Å². The monoisotopic (exact) mass is 551 g/mol. The van der Waals surface area contributed by atoms with E-state index in [9.17, 15) is 9.59 Å². The number of anilines is 1. The number of amidine groups is 1. The van der Waals surface area contributed by atoms with E-state index in [1.54, 1.807) is 0 Å². The maximum atomic E-state index is 13.3. The van der Waals surface area contributed by atoms with Gasteiger partial charge in [0.05, 0.1) is 5.92 Å². The molecule has 4 unspecified atom stereocenters. The van der Waals surface area contributed by atoms with Gasteiger partial charge in [0.2, 0.25) is 11.8 Å². The van der Waals surface area contributed by atoms with Crippen LogP contribution in [-0.4, -0.2) is 90.0 Å². The predicted octanol–water partition coefficient (Wildman–Crippen LogP) is 3.35. The molecule has 1 aromatic carbocycles. The summed E-state index contributed by atoms with van der Waals surface area (Å²) in [4.78, 5) is 35.4. The number of hydrogen-bond donors (Lipinski definition) is 2. The molecule has 40 heavy (non-hydrogen) atoms. The van der Waals surface area contributed by atoms with Crippen molar-refractivity contribution in [3.63, 3.8) is 0 Å². The average molecular weight is 552 g/mol. The molecule has 0 aromatic heterocycles. The van der Waals surface area contributed by atoms with Gasteiger partial charge in [-0.3, -0.25) is 19.9 Å². The summed E-state index contributed by atoms with van der Waals surface area (Å²) >= 11 is 0. The molecular formula is C31H49N7O2. The van der Waals surface area contributed by atoms with Crippen LogP contribution >= 0.6 is 0 Å². The van der Waals surface area contributed by atoms with Gasteiger partial charge in [0.25, 0.3) is 0 Å². The third-order valence-electron chi connectivity index (χ3n) is 9.01. The Morgan fingerprint density at radius 1 is 1.20 bits per heavy atom. The molecule has 1 aromatic rings. The van der Waals surface area contributed by atoms with Crippen LogP contribution in [0.4, 0.5) is 5.69 Å². The molecule has 0 spiro atoms. The van der Waals surface area contributed by atoms with Crippen molar-refractivity contribution in [2.24, 2.45) is 16.9 Å². The maximum absolute atomic E-state index is 13.3. The number of nitrogens with zero attached hydrogens (tertiary/aromatic N) is 5. The summed E-state index contributed by atoms with van der Waals surface area (Å²) in [5.41, 5.74) is 5.86. The zero-order chi connectivity index (χ0) is 28.2. The van der Waals surface area contributed by atoms with Crippen LogP contribution in [0.15, 0.2) is 29.4 Å². The fourth-order valence-corrected chi connectivity index (χ4v) is 7.09. The number of nitrogens with one attached hydrogen (secondary N) is 2. The molecule has 2 amide bonds. The van der Waals surface area contributed by atoms with E-state index in [1.165, 1.54) is 11.3 Å². The fraction of sp³-hybridized carbons (Fsp3) is 0.710. The highest BCUT2D eigenvalue weighted by Gasteiger charge is 2.50. The van der Waals surface area contributed by atoms with Crippen LogP contribution in [0.2, 0.25) is 0 Å². The Morgan fingerprint density at radius 3 is 2.80 bits per heavy atom. The number of aryl methyl sites for hydroxylation is 1. The Hall–Kier alpha value is -2.81. The van der Waals surface area contributed by atoms with Crippen molar-refractivity contribution in [3.8, 4) is 0 Å². The zero-order valence-corrected chi connectivity index (χ0v) is 24.9. The van der Waals surface area contributed by atoms with Crippen molar-refractivity contribution >= 4 is 23.3 Å². The molecule has 3 aliphatic heterocycles. The van der Waals surface area contributed by atoms with E-state index in [-0.39, 0.29) is 30.1 Å². The first-order valence-corrected chi connectivity index (χ1v) is 15.5. The molecule has 9 heteroatoms. The third kappa shape index (κ3) is 6.40. The van der Waals surface area contributed by atoms with Gasteiger partial charge in [-0.1, -0.05) is 38.8 Å². The number of carbonyl (C=O) groups is 2. The molecule has 4 atom stereocenters. The number of carbonyl (C=O) groups excluding carboxylic acids is 2. The summed E-state index contributed by atoms with van der Waals surface area (Å²) in [6.45, 7) is 14.3. The zero-order valence-electron chi connectivity index (χ0n) is 24.9. The van der Waals surface area contributed by atoms with Gasteiger partial charge in [0.15, 0.2) is 6.29 Å². The van der Waals surface area contributed by atoms with Gasteiger partial charge in [-0.2, -0.15) is 5.10 Å². The Morgan fingerprint density at radius 2 is 2.02 bits per heavy atom. The second kappa shape index (κ2) is 12.8. The Kier molecular flexibility index (Phi) is 9.18. The Balaban J connectivity index is 1.05. The van der Waals surface area contributed by atoms with Gasteiger partial charge in [0.1, 0.15) is 5.84 Å². The van der Waals surface area contributed by atoms with E-state index in [2.05, 4.69) is 82.5 Å². The van der Waals surface area contributed by atoms with Crippen LogP contribution in [0.3, 0.4) is 0 Å². The second-order valence-corrected chi connectivity index (χ2v) is 12.7. The molecule has 220 valence electrons. The van der Waals surface area contributed by atoms with E-state index >= 15 is 0 Å². The smallest absolute Gasteiger partial charge is 0.230 e. The molecule has 1 aliphatic carbocycles. The molecule has 5 rings (SSSR count). The lowest BCUT2D eigenvalue weighted by Crippen LogP contribution is -2.67. The summed E-state index contributed by atoms with van der Waals surface area (Å²) in [5, 5.41) is 7.77. The van der Waals surface area contributed by atoms with Gasteiger partial charge in [-0.05, 0) is 63.3 Å². The lowest BCUT2D eigenvalue weighted by molar-refractivity contribution is -0.156. The summed E-state index contributed by atoms with van der Waals surface area (Å²) in [6, 6.07) is 9.44. The van der Waals surface area contributed by atoms with Crippen LogP contribution in [0, 0.1) is 18.8 Å². The minimum Gasteiger partial charge on any atom is -0.366 e. The van der Waals surface area contributed by atoms with Crippen molar-refractivity contribution in [1.82, 2.24) is 25.4 Å². The maximum Gasteiger partial charge on any atom is 0.230 e. The third-order valence-corrected chi connectivity index (χ3v) is 9.01. The Labute approximate surface area is 240 Å². The van der Waals surface area contributed by atoms with E-state index in [4.69, 9.17) is 0 Å². The molecule has 0 radical (unpaired) electrons. The van der Waals surface area contributed by atoms with Crippen molar-refractivity contribution in [3.05, 3.63) is 29.8 Å². The highest BCUT2D eigenvalue weighted by atomic mass is 16.2. The minimum atomic E-state index is -0.207. The standard InChI is InChI=1S/C31H49N7O2/c1-22(2)20-37-30(40)26-11-5-6-12-27(26)38-28(33-34-31(37)38)13-14-29(39)32-15-8-16-35-17-18-36(24(4)21-35)25-10-7-9-23(3)19-25/h7,9-10,19,22,24,26-27,31,34H,5-6,8,11-18,20-21H2,1-4H3,(H,32,39). The number of hydrogen-bond acceptors (Lipinski definition) is 7. The van der Waals surface area contributed by atoms with Crippen molar-refractivity contribution in [2.45, 2.75) is 91.0 Å². The van der Waals surface area contributed by atoms with Crippen LogP contribution in [0.5, 0.6) is 0 Å². The van der Waals surface area contributed by atoms with E-state index in [1.807, 2.05) is 4.90 Å². The van der Waals surface area contributed by atoms with Gasteiger partial charge in [-0.15, -0.1) is 0 Å². The number of piperazine rings is 1. The molecule has 2 saturated heterocycles. The predicted molar refractivity (Wildman–Crippen MR) is 160 cm³/mol. The minimum absolute atomic E-state index is 0.0454. The van der Waals surface area contributed by atoms with Gasteiger partial charge >= 0.3 is 0 Å². The molecule has 3 heterocycles. The SMILES string of the molecule is Cc1cccc(N2CCN(CCCNC(=O)CCC3=NNC4N(CC(C)C)C(=O)C5CCCCC5N34)CC2C)c1. The second-order valence-electron chi connectivity index (χ2n) is 12.7. The first-order chi connectivity index (χ1) is 19.3. The molecule has 0 bridgehead atoms. The molecule has 9 nitrogen and oxygen atoms in total. The van der Waals surface area contributed by atoms with E-state index < -0.39 is 0 Å². The van der Waals surface area contributed by atoms with Crippen LogP contribution in [0.1, 0.15) is 71.3 Å². The van der Waals surface area contributed by atoms with E-state index in [0.29, 0.717) is 31.3 Å². The fourth-order valence-electron chi connectivity index (χ4n) is 7.09. The van der Waals surface area contributed by atoms with Crippen molar-refractivity contribution in [1.29, 1.82) is 0 Å². The summed E-state index contributed by atoms with van der Waals surface area (Å²) in [6.07, 6.45) is 6.00. The van der Waals surface area contributed by atoms with Crippen molar-refractivity contribution in [2.75, 3.05) is 44.2 Å². The van der Waals surface area contributed by atoms with Gasteiger partial charge in [0, 0.05) is 63.3 Å². The van der Waals surface area contributed by atoms with Crippen LogP contribution in [-0.2, 0) is 9.59 Å². The highest BCUT2D eigenvalue weighted by molar-refractivity contribution is 5.91. The van der Waals surface area contributed by atoms with Crippen LogP contribution in [0.25, 0.3) is 0 Å². The number of rotatable bonds is 10. The normalized spacial score (nSPS) is 26.9. The summed E-state index contributed by atoms with van der Waals surface area (Å²) in [7, 11) is 0. The summed E-state index contributed by atoms with van der Waals surface area (Å²) < 4.78 is 0. The number of amides is 2. The largest absolute Gasteiger partial charge is 0.366 e.